The van der Waals surface area contributed by atoms with E-state index in [1.807, 2.05) is 20.8 Å². The Bertz CT molecular complexity index is 620. The number of rotatable bonds is 6. The largest absolute Gasteiger partial charge is 0.444 e. The first-order valence-electron chi connectivity index (χ1n) is 10.5. The van der Waals surface area contributed by atoms with Crippen LogP contribution in [0.3, 0.4) is 0 Å². The molecule has 2 rings (SSSR count). The molecule has 2 amide bonds. The quantitative estimate of drug-likeness (QED) is 0.287. The van der Waals surface area contributed by atoms with Crippen molar-refractivity contribution in [3.8, 4) is 0 Å². The summed E-state index contributed by atoms with van der Waals surface area (Å²) < 4.78 is 16.7. The average Bonchev–Trinajstić information content (AvgIpc) is 3.31. The summed E-state index contributed by atoms with van der Waals surface area (Å²) in [5, 5.41) is 6.58. The average molecular weight is 555 g/mol. The minimum absolute atomic E-state index is 0. The van der Waals surface area contributed by atoms with Gasteiger partial charge < -0.3 is 34.6 Å². The number of ether oxygens (including phenoxy) is 3. The monoisotopic (exact) mass is 555 g/mol. The number of methoxy groups -OCH3 is 1. The molecule has 2 N–H and O–H groups in total. The predicted molar refractivity (Wildman–Crippen MR) is 129 cm³/mol. The molecule has 0 radical (unpaired) electrons. The van der Waals surface area contributed by atoms with Gasteiger partial charge in [0.15, 0.2) is 5.96 Å². The van der Waals surface area contributed by atoms with Gasteiger partial charge in [-0.15, -0.1) is 24.0 Å². The lowest BCUT2D eigenvalue weighted by Crippen LogP contribution is -2.50. The number of hydrogen-bond acceptors (Lipinski definition) is 6. The number of nitrogens with zero attached hydrogens (tertiary/aromatic N) is 3. The van der Waals surface area contributed by atoms with Crippen LogP contribution in [0.4, 0.5) is 4.79 Å². The first-order valence-corrected chi connectivity index (χ1v) is 10.5. The van der Waals surface area contributed by atoms with Gasteiger partial charge in [-0.05, 0) is 33.6 Å². The second-order valence-corrected chi connectivity index (χ2v) is 8.88. The van der Waals surface area contributed by atoms with E-state index in [9.17, 15) is 9.59 Å². The van der Waals surface area contributed by atoms with Crippen molar-refractivity contribution in [3.05, 3.63) is 0 Å². The Balaban J connectivity index is 0.00000480. The fraction of sp³-hybridized carbons (Fsp3) is 0.850. The van der Waals surface area contributed by atoms with E-state index >= 15 is 0 Å². The highest BCUT2D eigenvalue weighted by atomic mass is 127. The lowest BCUT2D eigenvalue weighted by Gasteiger charge is -2.24. The molecule has 10 nitrogen and oxygen atoms in total. The number of amides is 2. The zero-order valence-electron chi connectivity index (χ0n) is 19.5. The van der Waals surface area contributed by atoms with Crippen LogP contribution in [0, 0.1) is 0 Å². The Hall–Kier alpha value is -1.34. The molecule has 2 unspecified atom stereocenters. The van der Waals surface area contributed by atoms with Gasteiger partial charge in [-0.25, -0.2) is 9.79 Å². The molecule has 0 saturated carbocycles. The van der Waals surface area contributed by atoms with Gasteiger partial charge in [0.1, 0.15) is 12.1 Å². The Morgan fingerprint density at radius 2 is 1.97 bits per heavy atom. The van der Waals surface area contributed by atoms with E-state index in [2.05, 4.69) is 15.6 Å². The molecule has 2 saturated heterocycles. The van der Waals surface area contributed by atoms with Gasteiger partial charge in [0.05, 0.1) is 24.8 Å². The number of aliphatic imine (C=N–C) groups is 1. The predicted octanol–water partition coefficient (Wildman–Crippen LogP) is 1.04. The fourth-order valence-electron chi connectivity index (χ4n) is 3.26. The molecule has 2 aliphatic rings. The molecule has 11 heteroatoms. The molecule has 0 aliphatic carbocycles. The second kappa shape index (κ2) is 12.6. The van der Waals surface area contributed by atoms with Gasteiger partial charge in [-0.1, -0.05) is 0 Å². The third kappa shape index (κ3) is 9.36. The number of halogens is 1. The number of likely N-dealkylation sites (tertiary alicyclic amines) is 1. The van der Waals surface area contributed by atoms with Crippen LogP contribution in [0.25, 0.3) is 0 Å². The molecule has 3 atom stereocenters. The number of carbonyl (C=O) groups excluding carboxylic acids is 2. The van der Waals surface area contributed by atoms with Crippen molar-refractivity contribution < 1.29 is 23.8 Å². The Labute approximate surface area is 202 Å². The third-order valence-electron chi connectivity index (χ3n) is 4.94. The summed E-state index contributed by atoms with van der Waals surface area (Å²) >= 11 is 0. The number of likely N-dealkylation sites (N-methyl/N-ethyl adjacent to an activating group) is 1. The van der Waals surface area contributed by atoms with E-state index in [1.165, 1.54) is 4.90 Å². The lowest BCUT2D eigenvalue weighted by atomic mass is 10.2. The van der Waals surface area contributed by atoms with E-state index in [4.69, 9.17) is 14.2 Å². The molecule has 0 spiro atoms. The number of hydrogen-bond donors (Lipinski definition) is 2. The van der Waals surface area contributed by atoms with Gasteiger partial charge in [-0.2, -0.15) is 0 Å². The minimum atomic E-state index is -0.562. The number of nitrogens with one attached hydrogen (secondary N) is 2. The summed E-state index contributed by atoms with van der Waals surface area (Å²) in [5.74, 6) is 0.400. The standard InChI is InChI=1S/C20H37N5O5.HI/c1-20(2,3)30-19(27)25-12-15(16(13-25)28-6)23-18(22-11-17(26)24(4)5)21-10-14-8-7-9-29-14;/h14-16H,7-13H2,1-6H3,(H2,21,22,23);1H/t14?,15?,16-;/m0./s1. The SMILES string of the molecule is CO[C@H]1CN(C(=O)OC(C)(C)C)CC1NC(=NCC(=O)N(C)C)NCC1CCCO1.I. The van der Waals surface area contributed by atoms with E-state index in [0.29, 0.717) is 25.6 Å². The molecule has 0 bridgehead atoms. The fourth-order valence-corrected chi connectivity index (χ4v) is 3.26. The number of carbonyl (C=O) groups is 2. The molecule has 2 fully saturated rings. The van der Waals surface area contributed by atoms with Crippen molar-refractivity contribution in [2.75, 3.05) is 54.0 Å². The maximum absolute atomic E-state index is 12.5. The van der Waals surface area contributed by atoms with Crippen molar-refractivity contribution in [1.82, 2.24) is 20.4 Å². The normalized spacial score (nSPS) is 23.9. The van der Waals surface area contributed by atoms with Crippen LogP contribution in [0.1, 0.15) is 33.6 Å². The van der Waals surface area contributed by atoms with E-state index in [-0.39, 0.29) is 60.8 Å². The van der Waals surface area contributed by atoms with Crippen LogP contribution in [-0.2, 0) is 19.0 Å². The summed E-state index contributed by atoms with van der Waals surface area (Å²) in [7, 11) is 5.01. The first kappa shape index (κ1) is 27.7. The topological polar surface area (TPSA) is 105 Å². The first-order chi connectivity index (χ1) is 14.1. The number of guanidine groups is 1. The van der Waals surface area contributed by atoms with E-state index in [0.717, 1.165) is 19.4 Å². The highest BCUT2D eigenvalue weighted by Crippen LogP contribution is 2.17. The zero-order valence-corrected chi connectivity index (χ0v) is 21.8. The van der Waals surface area contributed by atoms with Crippen LogP contribution in [0.5, 0.6) is 0 Å². The van der Waals surface area contributed by atoms with Crippen molar-refractivity contribution in [3.63, 3.8) is 0 Å². The Morgan fingerprint density at radius 1 is 1.26 bits per heavy atom. The summed E-state index contributed by atoms with van der Waals surface area (Å²) in [6.07, 6.45) is 1.57. The molecule has 2 heterocycles. The maximum atomic E-state index is 12.5. The van der Waals surface area contributed by atoms with Crippen molar-refractivity contribution >= 4 is 41.9 Å². The van der Waals surface area contributed by atoms with Gasteiger partial charge in [-0.3, -0.25) is 4.79 Å². The lowest BCUT2D eigenvalue weighted by molar-refractivity contribution is -0.127. The second-order valence-electron chi connectivity index (χ2n) is 8.88. The molecule has 0 aromatic rings. The van der Waals surface area contributed by atoms with Crippen LogP contribution < -0.4 is 10.6 Å². The summed E-state index contributed by atoms with van der Waals surface area (Å²) in [6.45, 7) is 7.74. The van der Waals surface area contributed by atoms with E-state index < -0.39 is 5.60 Å². The van der Waals surface area contributed by atoms with Gasteiger partial charge in [0.25, 0.3) is 0 Å². The van der Waals surface area contributed by atoms with Crippen LogP contribution in [0.15, 0.2) is 4.99 Å². The molecule has 0 aromatic carbocycles. The highest BCUT2D eigenvalue weighted by molar-refractivity contribution is 14.0. The minimum Gasteiger partial charge on any atom is -0.444 e. The molecule has 180 valence electrons. The van der Waals surface area contributed by atoms with E-state index in [1.54, 1.807) is 26.1 Å². The van der Waals surface area contributed by atoms with Crippen molar-refractivity contribution in [2.24, 2.45) is 4.99 Å². The molecule has 0 aromatic heterocycles. The Morgan fingerprint density at radius 3 is 2.52 bits per heavy atom. The smallest absolute Gasteiger partial charge is 0.410 e. The van der Waals surface area contributed by atoms with Gasteiger partial charge in [0.2, 0.25) is 5.91 Å². The molecule has 31 heavy (non-hydrogen) atoms. The molecular formula is C20H38IN5O5. The summed E-state index contributed by atoms with van der Waals surface area (Å²) in [4.78, 5) is 32.0. The zero-order chi connectivity index (χ0) is 22.3. The Kier molecular flexibility index (Phi) is 11.3. The molecule has 2 aliphatic heterocycles. The summed E-state index contributed by atoms with van der Waals surface area (Å²) in [6, 6.07) is -0.187. The van der Waals surface area contributed by atoms with Crippen LogP contribution in [-0.4, -0.2) is 106 Å². The van der Waals surface area contributed by atoms with Crippen LogP contribution >= 0.6 is 24.0 Å². The van der Waals surface area contributed by atoms with Crippen molar-refractivity contribution in [2.45, 2.75) is 57.5 Å². The molecular weight excluding hydrogens is 517 g/mol. The summed E-state index contributed by atoms with van der Waals surface area (Å²) in [5.41, 5.74) is -0.562. The van der Waals surface area contributed by atoms with Crippen LogP contribution in [0.2, 0.25) is 0 Å². The maximum Gasteiger partial charge on any atom is 0.410 e. The highest BCUT2D eigenvalue weighted by Gasteiger charge is 2.38. The van der Waals surface area contributed by atoms with Crippen molar-refractivity contribution in [1.29, 1.82) is 0 Å². The van der Waals surface area contributed by atoms with Gasteiger partial charge in [0, 0.05) is 40.9 Å². The van der Waals surface area contributed by atoms with Gasteiger partial charge >= 0.3 is 6.09 Å². The third-order valence-corrected chi connectivity index (χ3v) is 4.94.